The number of carbonyl (C=O) groups is 2. The first-order chi connectivity index (χ1) is 17.9. The summed E-state index contributed by atoms with van der Waals surface area (Å²) < 4.78 is 27.3. The highest BCUT2D eigenvalue weighted by molar-refractivity contribution is 7.89. The minimum Gasteiger partial charge on any atom is -0.349 e. The van der Waals surface area contributed by atoms with Crippen LogP contribution >= 0.6 is 0 Å². The van der Waals surface area contributed by atoms with Crippen molar-refractivity contribution in [2.75, 3.05) is 38.0 Å². The Bertz CT molecular complexity index is 1370. The molecule has 2 N–H and O–H groups in total. The smallest absolute Gasteiger partial charge is 0.255 e. The maximum absolute atomic E-state index is 13.0. The first-order valence-corrected chi connectivity index (χ1v) is 13.5. The number of carbonyl (C=O) groups excluding carboxylic acids is 2. The van der Waals surface area contributed by atoms with Crippen molar-refractivity contribution in [2.45, 2.75) is 11.4 Å². The van der Waals surface area contributed by atoms with E-state index in [1.165, 1.54) is 4.31 Å². The number of amides is 2. The number of nitrogens with zero attached hydrogens (tertiary/aromatic N) is 2. The minimum absolute atomic E-state index is 0.294. The Morgan fingerprint density at radius 2 is 1.57 bits per heavy atom. The van der Waals surface area contributed by atoms with Crippen LogP contribution in [-0.4, -0.2) is 62.2 Å². The van der Waals surface area contributed by atoms with Crippen molar-refractivity contribution in [3.63, 3.8) is 0 Å². The van der Waals surface area contributed by atoms with E-state index in [-0.39, 0.29) is 11.8 Å². The van der Waals surface area contributed by atoms with Gasteiger partial charge in [0.1, 0.15) is 0 Å². The molecule has 1 saturated heterocycles. The fourth-order valence-corrected chi connectivity index (χ4v) is 5.63. The minimum atomic E-state index is -3.50. The molecule has 0 aromatic heterocycles. The Hall–Kier alpha value is -3.79. The summed E-state index contributed by atoms with van der Waals surface area (Å²) in [5.41, 5.74) is 2.22. The van der Waals surface area contributed by atoms with Crippen molar-refractivity contribution >= 4 is 27.5 Å². The van der Waals surface area contributed by atoms with Gasteiger partial charge in [0.05, 0.1) is 16.1 Å². The predicted molar refractivity (Wildman–Crippen MR) is 144 cm³/mol. The Balaban J connectivity index is 1.37. The SMILES string of the molecule is C=CCNC(=O)c1ccccc1NC(=O)c1cccc(CN2CCN(S(=O)(=O)c3ccccc3)CC2)c1. The largest absolute Gasteiger partial charge is 0.349 e. The van der Waals surface area contributed by atoms with Crippen molar-refractivity contribution in [2.24, 2.45) is 0 Å². The van der Waals surface area contributed by atoms with E-state index in [2.05, 4.69) is 22.1 Å². The number of hydrogen-bond donors (Lipinski definition) is 2. The topological polar surface area (TPSA) is 98.8 Å². The summed E-state index contributed by atoms with van der Waals surface area (Å²) in [4.78, 5) is 27.9. The molecule has 0 atom stereocenters. The lowest BCUT2D eigenvalue weighted by atomic mass is 10.1. The molecule has 3 aromatic rings. The lowest BCUT2D eigenvalue weighted by Crippen LogP contribution is -2.48. The third-order valence-electron chi connectivity index (χ3n) is 6.13. The Morgan fingerprint density at radius 3 is 2.30 bits per heavy atom. The Labute approximate surface area is 217 Å². The highest BCUT2D eigenvalue weighted by Gasteiger charge is 2.28. The van der Waals surface area contributed by atoms with Gasteiger partial charge in [-0.25, -0.2) is 8.42 Å². The quantitative estimate of drug-likeness (QED) is 0.423. The summed E-state index contributed by atoms with van der Waals surface area (Å²) >= 11 is 0. The molecule has 0 saturated carbocycles. The molecule has 1 fully saturated rings. The van der Waals surface area contributed by atoms with Crippen molar-refractivity contribution in [1.29, 1.82) is 0 Å². The summed E-state index contributed by atoms with van der Waals surface area (Å²) in [5, 5.41) is 5.56. The summed E-state index contributed by atoms with van der Waals surface area (Å²) in [6.07, 6.45) is 1.59. The van der Waals surface area contributed by atoms with E-state index in [9.17, 15) is 18.0 Å². The number of para-hydroxylation sites is 1. The number of sulfonamides is 1. The standard InChI is InChI=1S/C28H30N4O4S/c1-2-15-29-28(34)25-13-6-7-14-26(25)30-27(33)23-10-8-9-22(20-23)21-31-16-18-32(19-17-31)37(35,36)24-11-4-3-5-12-24/h2-14,20H,1,15-19,21H2,(H,29,34)(H,30,33). The zero-order valence-corrected chi connectivity index (χ0v) is 21.3. The van der Waals surface area contributed by atoms with Gasteiger partial charge < -0.3 is 10.6 Å². The molecular weight excluding hydrogens is 488 g/mol. The summed E-state index contributed by atoms with van der Waals surface area (Å²) in [5.74, 6) is -0.609. The molecule has 0 radical (unpaired) electrons. The number of piperazine rings is 1. The summed E-state index contributed by atoms with van der Waals surface area (Å²) in [6, 6.07) is 22.6. The molecule has 1 aliphatic heterocycles. The number of nitrogens with one attached hydrogen (secondary N) is 2. The van der Waals surface area contributed by atoms with Gasteiger partial charge >= 0.3 is 0 Å². The van der Waals surface area contributed by atoms with E-state index >= 15 is 0 Å². The van der Waals surface area contributed by atoms with Crippen molar-refractivity contribution in [3.8, 4) is 0 Å². The van der Waals surface area contributed by atoms with E-state index in [1.54, 1.807) is 66.7 Å². The molecular formula is C28H30N4O4S. The van der Waals surface area contributed by atoms with E-state index in [0.717, 1.165) is 5.56 Å². The van der Waals surface area contributed by atoms with Crippen LogP contribution < -0.4 is 10.6 Å². The first-order valence-electron chi connectivity index (χ1n) is 12.0. The molecule has 0 bridgehead atoms. The van der Waals surface area contributed by atoms with Crippen LogP contribution in [0, 0.1) is 0 Å². The van der Waals surface area contributed by atoms with Gasteiger partial charge in [-0.2, -0.15) is 4.31 Å². The maximum Gasteiger partial charge on any atom is 0.255 e. The van der Waals surface area contributed by atoms with Gasteiger partial charge in [0.15, 0.2) is 0 Å². The third kappa shape index (κ3) is 6.51. The molecule has 0 spiro atoms. The van der Waals surface area contributed by atoms with Gasteiger partial charge in [0, 0.05) is 44.8 Å². The zero-order valence-electron chi connectivity index (χ0n) is 20.5. The van der Waals surface area contributed by atoms with Crippen LogP contribution in [0.2, 0.25) is 0 Å². The van der Waals surface area contributed by atoms with Gasteiger partial charge in [0.2, 0.25) is 10.0 Å². The molecule has 0 aliphatic carbocycles. The van der Waals surface area contributed by atoms with Crippen LogP contribution in [0.15, 0.2) is 96.4 Å². The van der Waals surface area contributed by atoms with Crippen molar-refractivity contribution < 1.29 is 18.0 Å². The van der Waals surface area contributed by atoms with Crippen molar-refractivity contribution in [1.82, 2.24) is 14.5 Å². The summed E-state index contributed by atoms with van der Waals surface area (Å²) in [6.45, 7) is 6.52. The van der Waals surface area contributed by atoms with Crippen LogP contribution in [0.3, 0.4) is 0 Å². The van der Waals surface area contributed by atoms with Gasteiger partial charge in [-0.05, 0) is 42.0 Å². The first kappa shape index (κ1) is 26.3. The molecule has 37 heavy (non-hydrogen) atoms. The van der Waals surface area contributed by atoms with Crippen LogP contribution in [0.25, 0.3) is 0 Å². The molecule has 0 unspecified atom stereocenters. The summed E-state index contributed by atoms with van der Waals surface area (Å²) in [7, 11) is -3.50. The normalized spacial score (nSPS) is 14.6. The van der Waals surface area contributed by atoms with Crippen LogP contribution in [0.1, 0.15) is 26.3 Å². The maximum atomic E-state index is 13.0. The monoisotopic (exact) mass is 518 g/mol. The highest BCUT2D eigenvalue weighted by atomic mass is 32.2. The van der Waals surface area contributed by atoms with Crippen LogP contribution in [-0.2, 0) is 16.6 Å². The second-order valence-corrected chi connectivity index (χ2v) is 10.6. The molecule has 8 nitrogen and oxygen atoms in total. The van der Waals surface area contributed by atoms with Crippen LogP contribution in [0.4, 0.5) is 5.69 Å². The highest BCUT2D eigenvalue weighted by Crippen LogP contribution is 2.20. The third-order valence-corrected chi connectivity index (χ3v) is 8.05. The van der Waals surface area contributed by atoms with E-state index in [1.807, 2.05) is 18.2 Å². The molecule has 1 aliphatic rings. The average Bonchev–Trinajstić information content (AvgIpc) is 2.93. The molecule has 1 heterocycles. The fraction of sp³-hybridized carbons (Fsp3) is 0.214. The zero-order chi connectivity index (χ0) is 26.3. The number of anilines is 1. The van der Waals surface area contributed by atoms with Gasteiger partial charge in [0.25, 0.3) is 11.8 Å². The molecule has 192 valence electrons. The second kappa shape index (κ2) is 12.0. The van der Waals surface area contributed by atoms with Crippen LogP contribution in [0.5, 0.6) is 0 Å². The van der Waals surface area contributed by atoms with Gasteiger partial charge in [-0.15, -0.1) is 6.58 Å². The van der Waals surface area contributed by atoms with E-state index in [4.69, 9.17) is 0 Å². The van der Waals surface area contributed by atoms with E-state index in [0.29, 0.717) is 61.0 Å². The average molecular weight is 519 g/mol. The van der Waals surface area contributed by atoms with E-state index < -0.39 is 10.0 Å². The van der Waals surface area contributed by atoms with Crippen molar-refractivity contribution in [3.05, 3.63) is 108 Å². The fourth-order valence-electron chi connectivity index (χ4n) is 4.18. The number of hydrogen-bond acceptors (Lipinski definition) is 5. The van der Waals surface area contributed by atoms with Gasteiger partial charge in [-0.1, -0.05) is 48.5 Å². The lowest BCUT2D eigenvalue weighted by Gasteiger charge is -2.34. The Kier molecular flexibility index (Phi) is 8.50. The Morgan fingerprint density at radius 1 is 0.865 bits per heavy atom. The second-order valence-electron chi connectivity index (χ2n) is 8.69. The molecule has 3 aromatic carbocycles. The van der Waals surface area contributed by atoms with Gasteiger partial charge in [-0.3, -0.25) is 14.5 Å². The number of rotatable bonds is 9. The lowest BCUT2D eigenvalue weighted by molar-refractivity contribution is 0.0959. The molecule has 4 rings (SSSR count). The number of benzene rings is 3. The predicted octanol–water partition coefficient (Wildman–Crippen LogP) is 3.36. The molecule has 2 amide bonds. The molecule has 9 heteroatoms.